The van der Waals surface area contributed by atoms with E-state index in [1.807, 2.05) is 38.1 Å². The number of hydrogen-bond donors (Lipinski definition) is 1. The molecule has 26 heavy (non-hydrogen) atoms. The minimum atomic E-state index is -0.577. The smallest absolute Gasteiger partial charge is 0.337 e. The maximum absolute atomic E-state index is 13.7. The van der Waals surface area contributed by atoms with Gasteiger partial charge in [0.15, 0.2) is 5.11 Å². The van der Waals surface area contributed by atoms with Crippen LogP contribution in [-0.4, -0.2) is 18.2 Å². The Morgan fingerprint density at radius 1 is 1.19 bits per heavy atom. The molecule has 0 saturated carbocycles. The molecule has 0 fully saturated rings. The third-order valence-electron chi connectivity index (χ3n) is 4.33. The molecule has 1 N–H and O–H groups in total. The van der Waals surface area contributed by atoms with E-state index < -0.39 is 12.0 Å². The minimum Gasteiger partial charge on any atom is -0.466 e. The summed E-state index contributed by atoms with van der Waals surface area (Å²) in [5, 5.41) is 3.60. The van der Waals surface area contributed by atoms with Gasteiger partial charge >= 0.3 is 5.97 Å². The SMILES string of the molecule is COC(=O)C1=C(C)N(c2cccc(C)c2)C(=S)N[C@@H]1c1cccc(F)c1. The number of rotatable bonds is 3. The first kappa shape index (κ1) is 18.1. The molecule has 134 valence electrons. The molecule has 1 aliphatic rings. The van der Waals surface area contributed by atoms with Crippen LogP contribution in [-0.2, 0) is 9.53 Å². The zero-order chi connectivity index (χ0) is 18.8. The normalized spacial score (nSPS) is 17.2. The highest BCUT2D eigenvalue weighted by molar-refractivity contribution is 7.80. The average Bonchev–Trinajstić information content (AvgIpc) is 2.61. The molecule has 0 aliphatic carbocycles. The number of aryl methyl sites for hydroxylation is 1. The molecule has 6 heteroatoms. The lowest BCUT2D eigenvalue weighted by molar-refractivity contribution is -0.136. The Kier molecular flexibility index (Phi) is 5.04. The van der Waals surface area contributed by atoms with Crippen molar-refractivity contribution in [2.24, 2.45) is 0 Å². The highest BCUT2D eigenvalue weighted by Gasteiger charge is 2.35. The van der Waals surface area contributed by atoms with E-state index in [1.54, 1.807) is 17.0 Å². The summed E-state index contributed by atoms with van der Waals surface area (Å²) in [5.41, 5.74) is 3.58. The van der Waals surface area contributed by atoms with Gasteiger partial charge < -0.3 is 10.1 Å². The number of carbonyl (C=O) groups is 1. The van der Waals surface area contributed by atoms with Crippen LogP contribution in [0.5, 0.6) is 0 Å². The number of ether oxygens (including phenoxy) is 1. The number of nitrogens with zero attached hydrogens (tertiary/aromatic N) is 1. The summed E-state index contributed by atoms with van der Waals surface area (Å²) in [6, 6.07) is 13.3. The Morgan fingerprint density at radius 3 is 2.58 bits per heavy atom. The Bertz CT molecular complexity index is 910. The molecule has 4 nitrogen and oxygen atoms in total. The Hall–Kier alpha value is -2.73. The number of halogens is 1. The molecular formula is C20H19FN2O2S. The number of nitrogens with one attached hydrogen (secondary N) is 1. The second-order valence-corrected chi connectivity index (χ2v) is 6.49. The van der Waals surface area contributed by atoms with Crippen LogP contribution < -0.4 is 10.2 Å². The van der Waals surface area contributed by atoms with Gasteiger partial charge in [0.25, 0.3) is 0 Å². The van der Waals surface area contributed by atoms with Gasteiger partial charge in [-0.05, 0) is 61.5 Å². The van der Waals surface area contributed by atoms with Gasteiger partial charge in [-0.25, -0.2) is 9.18 Å². The van der Waals surface area contributed by atoms with Crippen molar-refractivity contribution in [3.8, 4) is 0 Å². The van der Waals surface area contributed by atoms with Crippen molar-refractivity contribution in [3.05, 3.63) is 76.7 Å². The molecule has 2 aromatic carbocycles. The minimum absolute atomic E-state index is 0.377. The second-order valence-electron chi connectivity index (χ2n) is 6.10. The fourth-order valence-corrected chi connectivity index (χ4v) is 3.49. The van der Waals surface area contributed by atoms with Crippen molar-refractivity contribution >= 4 is 29.0 Å². The van der Waals surface area contributed by atoms with Gasteiger partial charge in [0.1, 0.15) is 5.82 Å². The Morgan fingerprint density at radius 2 is 1.92 bits per heavy atom. The molecule has 0 amide bonds. The molecule has 0 saturated heterocycles. The lowest BCUT2D eigenvalue weighted by atomic mass is 9.94. The zero-order valence-corrected chi connectivity index (χ0v) is 15.6. The second kappa shape index (κ2) is 7.25. The van der Waals surface area contributed by atoms with Crippen LogP contribution in [0.3, 0.4) is 0 Å². The van der Waals surface area contributed by atoms with Crippen molar-refractivity contribution in [2.45, 2.75) is 19.9 Å². The number of methoxy groups -OCH3 is 1. The van der Waals surface area contributed by atoms with E-state index in [1.165, 1.54) is 19.2 Å². The van der Waals surface area contributed by atoms with Crippen LogP contribution in [0, 0.1) is 12.7 Å². The molecule has 1 heterocycles. The van der Waals surface area contributed by atoms with Gasteiger partial charge in [0.2, 0.25) is 0 Å². The van der Waals surface area contributed by atoms with Gasteiger partial charge in [-0.3, -0.25) is 4.90 Å². The van der Waals surface area contributed by atoms with Gasteiger partial charge in [-0.2, -0.15) is 0 Å². The van der Waals surface area contributed by atoms with Crippen molar-refractivity contribution in [3.63, 3.8) is 0 Å². The summed E-state index contributed by atoms with van der Waals surface area (Å²) < 4.78 is 18.7. The molecule has 0 radical (unpaired) electrons. The van der Waals surface area contributed by atoms with Crippen LogP contribution in [0.25, 0.3) is 0 Å². The van der Waals surface area contributed by atoms with E-state index in [0.717, 1.165) is 11.3 Å². The maximum atomic E-state index is 13.7. The molecular weight excluding hydrogens is 351 g/mol. The molecule has 0 bridgehead atoms. The number of esters is 1. The van der Waals surface area contributed by atoms with E-state index in [-0.39, 0.29) is 5.82 Å². The third-order valence-corrected chi connectivity index (χ3v) is 4.63. The summed E-state index contributed by atoms with van der Waals surface area (Å²) >= 11 is 5.55. The summed E-state index contributed by atoms with van der Waals surface area (Å²) in [6.45, 7) is 3.80. The lowest BCUT2D eigenvalue weighted by Crippen LogP contribution is -2.48. The summed E-state index contributed by atoms with van der Waals surface area (Å²) in [4.78, 5) is 14.3. The van der Waals surface area contributed by atoms with Crippen LogP contribution in [0.15, 0.2) is 59.8 Å². The first-order valence-electron chi connectivity index (χ1n) is 8.14. The Balaban J connectivity index is 2.15. The number of allylic oxidation sites excluding steroid dienone is 1. The standard InChI is InChI=1S/C20H19FN2O2S/c1-12-6-4-9-16(10-12)23-13(2)17(19(24)25-3)18(22-20(23)26)14-7-5-8-15(21)11-14/h4-11,18H,1-3H3,(H,22,26)/t18-/m1/s1. The number of thiocarbonyl (C=S) groups is 1. The Labute approximate surface area is 157 Å². The van der Waals surface area contributed by atoms with Gasteiger partial charge in [0, 0.05) is 11.4 Å². The first-order valence-corrected chi connectivity index (χ1v) is 8.55. The fourth-order valence-electron chi connectivity index (χ4n) is 3.13. The monoisotopic (exact) mass is 370 g/mol. The lowest BCUT2D eigenvalue weighted by Gasteiger charge is -2.37. The number of anilines is 1. The van der Waals surface area contributed by atoms with E-state index in [4.69, 9.17) is 17.0 Å². The average molecular weight is 370 g/mol. The third kappa shape index (κ3) is 3.32. The van der Waals surface area contributed by atoms with E-state index >= 15 is 0 Å². The van der Waals surface area contributed by atoms with Crippen LogP contribution >= 0.6 is 12.2 Å². The van der Waals surface area contributed by atoms with Crippen LogP contribution in [0.2, 0.25) is 0 Å². The fraction of sp³-hybridized carbons (Fsp3) is 0.200. The molecule has 3 rings (SSSR count). The summed E-state index contributed by atoms with van der Waals surface area (Å²) in [6.07, 6.45) is 0. The van der Waals surface area contributed by atoms with E-state index in [9.17, 15) is 9.18 Å². The van der Waals surface area contributed by atoms with Crippen molar-refractivity contribution in [1.29, 1.82) is 0 Å². The van der Waals surface area contributed by atoms with Gasteiger partial charge in [-0.1, -0.05) is 24.3 Å². The molecule has 1 aliphatic heterocycles. The van der Waals surface area contributed by atoms with Crippen LogP contribution in [0.4, 0.5) is 10.1 Å². The van der Waals surface area contributed by atoms with Crippen molar-refractivity contribution in [1.82, 2.24) is 5.32 Å². The van der Waals surface area contributed by atoms with E-state index in [0.29, 0.717) is 21.9 Å². The molecule has 2 aromatic rings. The maximum Gasteiger partial charge on any atom is 0.337 e. The molecule has 0 spiro atoms. The highest BCUT2D eigenvalue weighted by Crippen LogP contribution is 2.34. The summed E-state index contributed by atoms with van der Waals surface area (Å²) in [5.74, 6) is -0.859. The highest BCUT2D eigenvalue weighted by atomic mass is 32.1. The summed E-state index contributed by atoms with van der Waals surface area (Å²) in [7, 11) is 1.33. The van der Waals surface area contributed by atoms with E-state index in [2.05, 4.69) is 5.32 Å². The predicted octanol–water partition coefficient (Wildman–Crippen LogP) is 4.02. The van der Waals surface area contributed by atoms with Crippen molar-refractivity contribution < 1.29 is 13.9 Å². The molecule has 0 unspecified atom stereocenters. The quantitative estimate of drug-likeness (QED) is 0.653. The topological polar surface area (TPSA) is 41.6 Å². The van der Waals surface area contributed by atoms with Crippen LogP contribution in [0.1, 0.15) is 24.1 Å². The van der Waals surface area contributed by atoms with Gasteiger partial charge in [0.05, 0.1) is 18.7 Å². The largest absolute Gasteiger partial charge is 0.466 e. The van der Waals surface area contributed by atoms with Gasteiger partial charge in [-0.15, -0.1) is 0 Å². The molecule has 0 aromatic heterocycles. The number of hydrogen-bond acceptors (Lipinski definition) is 3. The zero-order valence-electron chi connectivity index (χ0n) is 14.7. The molecule has 1 atom stereocenters. The van der Waals surface area contributed by atoms with Crippen molar-refractivity contribution in [2.75, 3.05) is 12.0 Å². The predicted molar refractivity (Wildman–Crippen MR) is 103 cm³/mol. The first-order chi connectivity index (χ1) is 12.4. The number of carbonyl (C=O) groups excluding carboxylic acids is 1. The number of benzene rings is 2.